The van der Waals surface area contributed by atoms with Crippen molar-refractivity contribution in [3.8, 4) is 28.8 Å². The lowest BCUT2D eigenvalue weighted by atomic mass is 10.1. The fourth-order valence-electron chi connectivity index (χ4n) is 3.65. The van der Waals surface area contributed by atoms with Gasteiger partial charge in [0.25, 0.3) is 5.91 Å². The molecule has 41 heavy (non-hydrogen) atoms. The van der Waals surface area contributed by atoms with Gasteiger partial charge in [0.05, 0.1) is 22.9 Å². The maximum absolute atomic E-state index is 13.3. The van der Waals surface area contributed by atoms with E-state index in [-0.39, 0.29) is 23.8 Å². The van der Waals surface area contributed by atoms with Crippen LogP contribution in [0.3, 0.4) is 0 Å². The third kappa shape index (κ3) is 9.00. The van der Waals surface area contributed by atoms with Gasteiger partial charge < -0.3 is 20.7 Å². The number of rotatable bonds is 5. The minimum Gasteiger partial charge on any atom is -0.444 e. The number of amides is 3. The van der Waals surface area contributed by atoms with Crippen LogP contribution in [0.2, 0.25) is 10.0 Å². The molecule has 3 N–H and O–H groups in total. The Morgan fingerprint density at radius 3 is 2.22 bits per heavy atom. The van der Waals surface area contributed by atoms with Crippen LogP contribution >= 0.6 is 23.2 Å². The van der Waals surface area contributed by atoms with Crippen molar-refractivity contribution in [1.29, 1.82) is 0 Å². The Labute approximate surface area is 249 Å². The molecule has 0 saturated carbocycles. The molecule has 0 bridgehead atoms. The number of anilines is 1. The van der Waals surface area contributed by atoms with Gasteiger partial charge in [0.2, 0.25) is 5.91 Å². The fraction of sp³-hybridized carbons (Fsp3) is 0.333. The Balaban J connectivity index is 2.06. The Morgan fingerprint density at radius 2 is 1.66 bits per heavy atom. The topological polar surface area (TPSA) is 114 Å². The first-order valence-electron chi connectivity index (χ1n) is 12.8. The van der Waals surface area contributed by atoms with Crippen LogP contribution < -0.4 is 16.0 Å². The summed E-state index contributed by atoms with van der Waals surface area (Å²) in [6, 6.07) is 12.0. The fourth-order valence-corrected chi connectivity index (χ4v) is 4.04. The number of halogens is 2. The molecule has 0 aliphatic rings. The number of benzene rings is 2. The van der Waals surface area contributed by atoms with Crippen molar-refractivity contribution < 1.29 is 19.1 Å². The SMILES string of the molecule is CC(=O)Nc1c(C(=O)NC(C)(C)C)nn(-c2ccc(C#CCNC(=O)OC(C)(C)C)cc2Cl)c1-c1ccc(Cl)cc1. The molecule has 0 atom stereocenters. The van der Waals surface area contributed by atoms with Gasteiger partial charge in [0, 0.05) is 28.6 Å². The van der Waals surface area contributed by atoms with Crippen LogP contribution in [0.25, 0.3) is 16.9 Å². The third-order valence-electron chi connectivity index (χ3n) is 5.14. The van der Waals surface area contributed by atoms with Gasteiger partial charge in [-0.2, -0.15) is 5.10 Å². The molecule has 9 nitrogen and oxygen atoms in total. The lowest BCUT2D eigenvalue weighted by Crippen LogP contribution is -2.41. The summed E-state index contributed by atoms with van der Waals surface area (Å²) < 4.78 is 6.71. The molecule has 0 fully saturated rings. The first kappa shape index (κ1) is 31.5. The third-order valence-corrected chi connectivity index (χ3v) is 5.69. The molecule has 3 aromatic rings. The Kier molecular flexibility index (Phi) is 9.74. The number of carbonyl (C=O) groups is 3. The van der Waals surface area contributed by atoms with E-state index in [9.17, 15) is 14.4 Å². The molecular weight excluding hydrogens is 565 g/mol. The van der Waals surface area contributed by atoms with Gasteiger partial charge in [-0.25, -0.2) is 9.48 Å². The first-order chi connectivity index (χ1) is 19.0. The number of hydrogen-bond acceptors (Lipinski definition) is 5. The highest BCUT2D eigenvalue weighted by Gasteiger charge is 2.28. The van der Waals surface area contributed by atoms with E-state index in [4.69, 9.17) is 27.9 Å². The van der Waals surface area contributed by atoms with Crippen LogP contribution in [0.5, 0.6) is 0 Å². The van der Waals surface area contributed by atoms with Gasteiger partial charge in [0.1, 0.15) is 11.3 Å². The lowest BCUT2D eigenvalue weighted by Gasteiger charge is -2.20. The number of nitrogens with zero attached hydrogens (tertiary/aromatic N) is 2. The normalized spacial score (nSPS) is 11.2. The molecule has 3 rings (SSSR count). The van der Waals surface area contributed by atoms with Gasteiger partial charge in [0.15, 0.2) is 5.69 Å². The number of carbonyl (C=O) groups excluding carboxylic acids is 3. The predicted octanol–water partition coefficient (Wildman–Crippen LogP) is 6.21. The summed E-state index contributed by atoms with van der Waals surface area (Å²) in [4.78, 5) is 37.4. The van der Waals surface area contributed by atoms with Crippen molar-refractivity contribution >= 4 is 46.8 Å². The lowest BCUT2D eigenvalue weighted by molar-refractivity contribution is -0.114. The molecule has 0 spiro atoms. The molecule has 0 aliphatic heterocycles. The van der Waals surface area contributed by atoms with Crippen LogP contribution in [0.15, 0.2) is 42.5 Å². The molecular formula is C30H33Cl2N5O4. The number of aromatic nitrogens is 2. The monoisotopic (exact) mass is 597 g/mol. The van der Waals surface area contributed by atoms with E-state index in [1.54, 1.807) is 63.2 Å². The van der Waals surface area contributed by atoms with Crippen molar-refractivity contribution in [2.45, 2.75) is 59.6 Å². The summed E-state index contributed by atoms with van der Waals surface area (Å²) in [5, 5.41) is 13.7. The molecule has 0 radical (unpaired) electrons. The summed E-state index contributed by atoms with van der Waals surface area (Å²) in [6.45, 7) is 12.3. The average molecular weight is 599 g/mol. The number of hydrogen-bond donors (Lipinski definition) is 3. The molecule has 3 amide bonds. The van der Waals surface area contributed by atoms with Crippen molar-refractivity contribution in [3.63, 3.8) is 0 Å². The Hall–Kier alpha value is -4.00. The first-order valence-corrected chi connectivity index (χ1v) is 13.5. The molecule has 1 aromatic heterocycles. The average Bonchev–Trinajstić information content (AvgIpc) is 3.18. The summed E-state index contributed by atoms with van der Waals surface area (Å²) >= 11 is 12.8. The van der Waals surface area contributed by atoms with Crippen LogP contribution in [-0.4, -0.2) is 45.4 Å². The minimum atomic E-state index is -0.606. The predicted molar refractivity (Wildman–Crippen MR) is 162 cm³/mol. The van der Waals surface area contributed by atoms with Crippen molar-refractivity contribution in [3.05, 3.63) is 63.8 Å². The second-order valence-corrected chi connectivity index (χ2v) is 12.0. The van der Waals surface area contributed by atoms with Crippen molar-refractivity contribution in [2.75, 3.05) is 11.9 Å². The van der Waals surface area contributed by atoms with E-state index >= 15 is 0 Å². The molecule has 216 valence electrons. The molecule has 0 unspecified atom stereocenters. The zero-order valence-corrected chi connectivity index (χ0v) is 25.5. The largest absolute Gasteiger partial charge is 0.444 e. The number of alkyl carbamates (subject to hydrolysis) is 1. The second kappa shape index (κ2) is 12.7. The molecule has 0 saturated heterocycles. The highest BCUT2D eigenvalue weighted by molar-refractivity contribution is 6.32. The molecule has 11 heteroatoms. The van der Waals surface area contributed by atoms with E-state index in [1.165, 1.54) is 11.6 Å². The quantitative estimate of drug-likeness (QED) is 0.302. The maximum Gasteiger partial charge on any atom is 0.408 e. The summed E-state index contributed by atoms with van der Waals surface area (Å²) in [5.74, 6) is 4.97. The van der Waals surface area contributed by atoms with E-state index in [2.05, 4.69) is 32.9 Å². The molecule has 0 aliphatic carbocycles. The van der Waals surface area contributed by atoms with Gasteiger partial charge in [-0.1, -0.05) is 47.2 Å². The Bertz CT molecular complexity index is 1520. The zero-order chi connectivity index (χ0) is 30.5. The van der Waals surface area contributed by atoms with Crippen LogP contribution in [0, 0.1) is 11.8 Å². The maximum atomic E-state index is 13.3. The number of ether oxygens (including phenoxy) is 1. The Morgan fingerprint density at radius 1 is 1.00 bits per heavy atom. The van der Waals surface area contributed by atoms with Gasteiger partial charge in [-0.15, -0.1) is 0 Å². The van der Waals surface area contributed by atoms with Crippen LogP contribution in [0.4, 0.5) is 10.5 Å². The van der Waals surface area contributed by atoms with Crippen LogP contribution in [0.1, 0.15) is 64.5 Å². The summed E-state index contributed by atoms with van der Waals surface area (Å²) in [5.41, 5.74) is 1.24. The highest BCUT2D eigenvalue weighted by atomic mass is 35.5. The molecule has 1 heterocycles. The van der Waals surface area contributed by atoms with Crippen LogP contribution in [-0.2, 0) is 9.53 Å². The van der Waals surface area contributed by atoms with Gasteiger partial charge >= 0.3 is 6.09 Å². The minimum absolute atomic E-state index is 0.0215. The zero-order valence-electron chi connectivity index (χ0n) is 24.0. The standard InChI is InChI=1S/C30H33Cl2N5O4/c1-18(38)34-24-25(27(39)35-29(2,3)4)36-37(26(24)20-11-13-21(31)14-12-20)23-15-10-19(17-22(23)32)9-8-16-33-28(40)41-30(5,6)7/h10-15,17H,16H2,1-7H3,(H,33,40)(H,34,38)(H,35,39). The summed E-state index contributed by atoms with van der Waals surface area (Å²) in [6.07, 6.45) is -0.560. The van der Waals surface area contributed by atoms with E-state index in [0.717, 1.165) is 0 Å². The van der Waals surface area contributed by atoms with Crippen molar-refractivity contribution in [2.24, 2.45) is 0 Å². The molecule has 2 aromatic carbocycles. The number of nitrogens with one attached hydrogen (secondary N) is 3. The highest BCUT2D eigenvalue weighted by Crippen LogP contribution is 2.36. The van der Waals surface area contributed by atoms with Gasteiger partial charge in [-0.05, 0) is 71.9 Å². The van der Waals surface area contributed by atoms with E-state index < -0.39 is 23.1 Å². The van der Waals surface area contributed by atoms with E-state index in [1.807, 2.05) is 20.8 Å². The second-order valence-electron chi connectivity index (χ2n) is 11.2. The van der Waals surface area contributed by atoms with Crippen molar-refractivity contribution in [1.82, 2.24) is 20.4 Å². The van der Waals surface area contributed by atoms with E-state index in [0.29, 0.717) is 32.6 Å². The summed E-state index contributed by atoms with van der Waals surface area (Å²) in [7, 11) is 0. The smallest absolute Gasteiger partial charge is 0.408 e. The van der Waals surface area contributed by atoms with Gasteiger partial charge in [-0.3, -0.25) is 9.59 Å².